The Kier molecular flexibility index (Phi) is 4.41. The van der Waals surface area contributed by atoms with Crippen LogP contribution in [0.25, 0.3) is 0 Å². The van der Waals surface area contributed by atoms with Crippen LogP contribution in [0.4, 0.5) is 0 Å². The highest BCUT2D eigenvalue weighted by Gasteiger charge is 2.08. The molecule has 0 atom stereocenters. The maximum Gasteiger partial charge on any atom is 0.251 e. The molecule has 0 saturated carbocycles. The van der Waals surface area contributed by atoms with Gasteiger partial charge in [-0.05, 0) is 43.5 Å². The predicted octanol–water partition coefficient (Wildman–Crippen LogP) is 2.98. The van der Waals surface area contributed by atoms with Gasteiger partial charge in [-0.15, -0.1) is 0 Å². The van der Waals surface area contributed by atoms with Crippen LogP contribution in [0, 0.1) is 13.8 Å². The van der Waals surface area contributed by atoms with E-state index in [1.54, 1.807) is 12.1 Å². The third-order valence-corrected chi connectivity index (χ3v) is 3.30. The second kappa shape index (κ2) is 6.24. The molecule has 0 aliphatic rings. The second-order valence-corrected chi connectivity index (χ2v) is 4.95. The molecule has 2 N–H and O–H groups in total. The summed E-state index contributed by atoms with van der Waals surface area (Å²) >= 11 is 0. The molecule has 0 aliphatic heterocycles. The normalized spacial score (nSPS) is 10.3. The summed E-state index contributed by atoms with van der Waals surface area (Å²) in [6.45, 7) is 4.45. The van der Waals surface area contributed by atoms with Crippen LogP contribution in [0.15, 0.2) is 42.5 Å². The van der Waals surface area contributed by atoms with Crippen LogP contribution in [0.2, 0.25) is 0 Å². The molecule has 0 fully saturated rings. The van der Waals surface area contributed by atoms with Crippen molar-refractivity contribution in [2.75, 3.05) is 6.54 Å². The molecule has 0 unspecified atom stereocenters. The van der Waals surface area contributed by atoms with Crippen molar-refractivity contribution in [1.29, 1.82) is 0 Å². The summed E-state index contributed by atoms with van der Waals surface area (Å²) in [5.74, 6) is 0.200. The fraction of sp³-hybridized carbons (Fsp3) is 0.235. The number of aromatic hydroxyl groups is 1. The van der Waals surface area contributed by atoms with E-state index in [2.05, 4.69) is 5.32 Å². The Hall–Kier alpha value is -2.29. The number of benzene rings is 2. The highest BCUT2D eigenvalue weighted by atomic mass is 16.3. The first-order valence-corrected chi connectivity index (χ1v) is 6.70. The summed E-state index contributed by atoms with van der Waals surface area (Å²) in [6, 6.07) is 13.0. The lowest BCUT2D eigenvalue weighted by Crippen LogP contribution is -2.26. The number of carbonyl (C=O) groups is 1. The van der Waals surface area contributed by atoms with Crippen LogP contribution in [-0.4, -0.2) is 17.6 Å². The van der Waals surface area contributed by atoms with E-state index >= 15 is 0 Å². The summed E-state index contributed by atoms with van der Waals surface area (Å²) in [5, 5.41) is 12.5. The Morgan fingerprint density at radius 2 is 1.90 bits per heavy atom. The molecule has 2 aromatic rings. The van der Waals surface area contributed by atoms with Crippen molar-refractivity contribution >= 4 is 5.91 Å². The molecule has 20 heavy (non-hydrogen) atoms. The number of phenolic OH excluding ortho intramolecular Hbond substituents is 1. The minimum absolute atomic E-state index is 0.0714. The Morgan fingerprint density at radius 1 is 1.15 bits per heavy atom. The Bertz CT molecular complexity index is 620. The summed E-state index contributed by atoms with van der Waals surface area (Å²) in [7, 11) is 0. The highest BCUT2D eigenvalue weighted by Crippen LogP contribution is 2.15. The van der Waals surface area contributed by atoms with Crippen LogP contribution < -0.4 is 5.32 Å². The standard InChI is InChI=1S/C17H19NO2/c1-12-7-8-15(13(2)11-12)17(20)18-10-9-14-5-3-4-6-16(14)19/h3-8,11,19H,9-10H2,1-2H3,(H,18,20). The molecule has 1 amide bonds. The van der Waals surface area contributed by atoms with Crippen molar-refractivity contribution in [3.63, 3.8) is 0 Å². The monoisotopic (exact) mass is 269 g/mol. The molecule has 104 valence electrons. The average molecular weight is 269 g/mol. The lowest BCUT2D eigenvalue weighted by molar-refractivity contribution is 0.0953. The number of amides is 1. The third kappa shape index (κ3) is 3.38. The van der Waals surface area contributed by atoms with E-state index in [4.69, 9.17) is 0 Å². The zero-order valence-electron chi connectivity index (χ0n) is 11.8. The summed E-state index contributed by atoms with van der Waals surface area (Å²) in [6.07, 6.45) is 0.614. The summed E-state index contributed by atoms with van der Waals surface area (Å²) in [4.78, 5) is 12.1. The molecule has 0 heterocycles. The van der Waals surface area contributed by atoms with Crippen molar-refractivity contribution in [2.24, 2.45) is 0 Å². The van der Waals surface area contributed by atoms with E-state index in [0.717, 1.165) is 16.7 Å². The van der Waals surface area contributed by atoms with Gasteiger partial charge in [-0.1, -0.05) is 35.9 Å². The molecule has 0 spiro atoms. The first-order chi connectivity index (χ1) is 9.58. The molecule has 3 nitrogen and oxygen atoms in total. The van der Waals surface area contributed by atoms with Crippen LogP contribution >= 0.6 is 0 Å². The van der Waals surface area contributed by atoms with Gasteiger partial charge in [0.25, 0.3) is 5.91 Å². The number of rotatable bonds is 4. The predicted molar refractivity (Wildman–Crippen MR) is 80.1 cm³/mol. The van der Waals surface area contributed by atoms with Gasteiger partial charge in [-0.2, -0.15) is 0 Å². The molecule has 2 rings (SSSR count). The van der Waals surface area contributed by atoms with Gasteiger partial charge in [0.05, 0.1) is 0 Å². The van der Waals surface area contributed by atoms with E-state index in [-0.39, 0.29) is 11.7 Å². The van der Waals surface area contributed by atoms with Crippen molar-refractivity contribution < 1.29 is 9.90 Å². The van der Waals surface area contributed by atoms with E-state index in [1.165, 1.54) is 0 Å². The Labute approximate surface area is 119 Å². The molecule has 3 heteroatoms. The first-order valence-electron chi connectivity index (χ1n) is 6.70. The summed E-state index contributed by atoms with van der Waals surface area (Å²) < 4.78 is 0. The lowest BCUT2D eigenvalue weighted by atomic mass is 10.1. The van der Waals surface area contributed by atoms with Crippen LogP contribution in [0.3, 0.4) is 0 Å². The number of hydrogen-bond donors (Lipinski definition) is 2. The molecule has 2 aromatic carbocycles. The van der Waals surface area contributed by atoms with Gasteiger partial charge in [0.2, 0.25) is 0 Å². The van der Waals surface area contributed by atoms with Crippen molar-refractivity contribution in [3.05, 3.63) is 64.7 Å². The Balaban J connectivity index is 1.94. The molecule has 0 aromatic heterocycles. The minimum atomic E-state index is -0.0714. The van der Waals surface area contributed by atoms with E-state index in [0.29, 0.717) is 18.5 Å². The van der Waals surface area contributed by atoms with Crippen molar-refractivity contribution in [2.45, 2.75) is 20.3 Å². The zero-order chi connectivity index (χ0) is 14.5. The molecular formula is C17H19NO2. The van der Waals surface area contributed by atoms with Crippen molar-refractivity contribution in [3.8, 4) is 5.75 Å². The Morgan fingerprint density at radius 3 is 2.60 bits per heavy atom. The second-order valence-electron chi connectivity index (χ2n) is 4.95. The maximum absolute atomic E-state index is 12.1. The quantitative estimate of drug-likeness (QED) is 0.896. The lowest BCUT2D eigenvalue weighted by Gasteiger charge is -2.09. The highest BCUT2D eigenvalue weighted by molar-refractivity contribution is 5.95. The number of hydrogen-bond acceptors (Lipinski definition) is 2. The van der Waals surface area contributed by atoms with Gasteiger partial charge in [0.15, 0.2) is 0 Å². The van der Waals surface area contributed by atoms with Crippen molar-refractivity contribution in [1.82, 2.24) is 5.32 Å². The fourth-order valence-corrected chi connectivity index (χ4v) is 2.20. The molecule has 0 saturated heterocycles. The number of aryl methyl sites for hydroxylation is 2. The fourth-order valence-electron chi connectivity index (χ4n) is 2.20. The van der Waals surface area contributed by atoms with Crippen LogP contribution in [0.5, 0.6) is 5.75 Å². The number of nitrogens with one attached hydrogen (secondary N) is 1. The SMILES string of the molecule is Cc1ccc(C(=O)NCCc2ccccc2O)c(C)c1. The van der Waals surface area contributed by atoms with Gasteiger partial charge >= 0.3 is 0 Å². The molecular weight excluding hydrogens is 250 g/mol. The average Bonchev–Trinajstić information content (AvgIpc) is 2.40. The topological polar surface area (TPSA) is 49.3 Å². The number of phenols is 1. The van der Waals surface area contributed by atoms with Gasteiger partial charge in [0, 0.05) is 12.1 Å². The van der Waals surface area contributed by atoms with E-state index in [1.807, 2.05) is 44.2 Å². The number of para-hydroxylation sites is 1. The largest absolute Gasteiger partial charge is 0.508 e. The van der Waals surface area contributed by atoms with Gasteiger partial charge in [-0.25, -0.2) is 0 Å². The molecule has 0 aliphatic carbocycles. The van der Waals surface area contributed by atoms with Gasteiger partial charge in [0.1, 0.15) is 5.75 Å². The molecule has 0 bridgehead atoms. The van der Waals surface area contributed by atoms with E-state index < -0.39 is 0 Å². The smallest absolute Gasteiger partial charge is 0.251 e. The van der Waals surface area contributed by atoms with Crippen LogP contribution in [0.1, 0.15) is 27.0 Å². The van der Waals surface area contributed by atoms with Crippen LogP contribution in [-0.2, 0) is 6.42 Å². The number of carbonyl (C=O) groups excluding carboxylic acids is 1. The maximum atomic E-state index is 12.1. The zero-order valence-corrected chi connectivity index (χ0v) is 11.8. The van der Waals surface area contributed by atoms with E-state index in [9.17, 15) is 9.90 Å². The summed E-state index contributed by atoms with van der Waals surface area (Å²) in [5.41, 5.74) is 3.67. The first kappa shape index (κ1) is 14.1. The van der Waals surface area contributed by atoms with Gasteiger partial charge < -0.3 is 10.4 Å². The molecule has 0 radical (unpaired) electrons. The minimum Gasteiger partial charge on any atom is -0.508 e. The third-order valence-electron chi connectivity index (χ3n) is 3.30. The van der Waals surface area contributed by atoms with Gasteiger partial charge in [-0.3, -0.25) is 4.79 Å².